The number of nitrogens with two attached hydrogens (primary N) is 2. The number of amides is 4. The topological polar surface area (TPSA) is 214 Å². The number of benzene rings is 1. The fourth-order valence-electron chi connectivity index (χ4n) is 2.87. The van der Waals surface area contributed by atoms with Gasteiger partial charge in [0.1, 0.15) is 23.9 Å². The van der Waals surface area contributed by atoms with Crippen molar-refractivity contribution in [2.24, 2.45) is 17.4 Å². The SMILES string of the molecule is CC(NC(=O)C(Cc1ccc(O)cc1)NC(=O)C(N)C(C)C)C(=O)NC(CCC(N)=O)C(=O)O. The Labute approximate surface area is 197 Å². The number of hydrogen-bond acceptors (Lipinski definition) is 7. The maximum atomic E-state index is 12.9. The molecule has 0 aromatic heterocycles. The van der Waals surface area contributed by atoms with Gasteiger partial charge in [-0.05, 0) is 37.0 Å². The normalized spacial score (nSPS) is 14.4. The van der Waals surface area contributed by atoms with E-state index in [1.54, 1.807) is 26.0 Å². The maximum Gasteiger partial charge on any atom is 0.326 e. The summed E-state index contributed by atoms with van der Waals surface area (Å²) in [5.74, 6) is -4.26. The van der Waals surface area contributed by atoms with Crippen LogP contribution in [0.1, 0.15) is 39.2 Å². The van der Waals surface area contributed by atoms with Crippen LogP contribution >= 0.6 is 0 Å². The molecule has 34 heavy (non-hydrogen) atoms. The van der Waals surface area contributed by atoms with Gasteiger partial charge in [0.2, 0.25) is 23.6 Å². The van der Waals surface area contributed by atoms with Gasteiger partial charge in [0.05, 0.1) is 6.04 Å². The molecule has 0 spiro atoms. The van der Waals surface area contributed by atoms with E-state index in [4.69, 9.17) is 11.5 Å². The zero-order valence-electron chi connectivity index (χ0n) is 19.4. The number of aromatic hydroxyl groups is 1. The molecule has 0 saturated carbocycles. The molecule has 12 heteroatoms. The molecule has 1 aromatic rings. The van der Waals surface area contributed by atoms with E-state index in [-0.39, 0.29) is 30.9 Å². The van der Waals surface area contributed by atoms with E-state index in [9.17, 15) is 34.2 Å². The van der Waals surface area contributed by atoms with Gasteiger partial charge in [-0.2, -0.15) is 0 Å². The highest BCUT2D eigenvalue weighted by atomic mass is 16.4. The number of carboxylic acids is 1. The number of rotatable bonds is 13. The molecule has 0 heterocycles. The van der Waals surface area contributed by atoms with Crippen LogP contribution in [0.3, 0.4) is 0 Å². The van der Waals surface area contributed by atoms with Crippen LogP contribution in [0.5, 0.6) is 5.75 Å². The quantitative estimate of drug-likeness (QED) is 0.181. The third-order valence-electron chi connectivity index (χ3n) is 5.08. The smallest absolute Gasteiger partial charge is 0.326 e. The summed E-state index contributed by atoms with van der Waals surface area (Å²) in [4.78, 5) is 60.1. The maximum absolute atomic E-state index is 12.9. The number of carbonyl (C=O) groups excluding carboxylic acids is 4. The molecule has 9 N–H and O–H groups in total. The van der Waals surface area contributed by atoms with Crippen molar-refractivity contribution in [1.82, 2.24) is 16.0 Å². The summed E-state index contributed by atoms with van der Waals surface area (Å²) in [5, 5.41) is 26.0. The van der Waals surface area contributed by atoms with Crippen molar-refractivity contribution in [3.8, 4) is 5.75 Å². The van der Waals surface area contributed by atoms with Gasteiger partial charge < -0.3 is 37.6 Å². The molecule has 4 amide bonds. The third-order valence-corrected chi connectivity index (χ3v) is 5.08. The molecule has 0 aliphatic carbocycles. The Morgan fingerprint density at radius 2 is 1.44 bits per heavy atom. The van der Waals surface area contributed by atoms with Gasteiger partial charge in [0.25, 0.3) is 0 Å². The molecule has 0 aliphatic rings. The van der Waals surface area contributed by atoms with Gasteiger partial charge in [0.15, 0.2) is 0 Å². The largest absolute Gasteiger partial charge is 0.508 e. The van der Waals surface area contributed by atoms with Gasteiger partial charge in [-0.3, -0.25) is 19.2 Å². The fourth-order valence-corrected chi connectivity index (χ4v) is 2.87. The lowest BCUT2D eigenvalue weighted by atomic mass is 10.0. The van der Waals surface area contributed by atoms with Crippen molar-refractivity contribution in [3.63, 3.8) is 0 Å². The molecule has 0 aliphatic heterocycles. The first-order valence-corrected chi connectivity index (χ1v) is 10.8. The molecule has 4 atom stereocenters. The summed E-state index contributed by atoms with van der Waals surface area (Å²) in [6, 6.07) is 1.55. The van der Waals surface area contributed by atoms with E-state index >= 15 is 0 Å². The molecule has 0 saturated heterocycles. The van der Waals surface area contributed by atoms with Crippen molar-refractivity contribution in [2.75, 3.05) is 0 Å². The van der Waals surface area contributed by atoms with Crippen LogP contribution in [0.2, 0.25) is 0 Å². The van der Waals surface area contributed by atoms with Crippen LogP contribution in [-0.4, -0.2) is 64.0 Å². The van der Waals surface area contributed by atoms with E-state index in [1.807, 2.05) is 0 Å². The number of carboxylic acid groups (broad SMARTS) is 1. The Balaban J connectivity index is 2.92. The lowest BCUT2D eigenvalue weighted by Crippen LogP contribution is -2.57. The highest BCUT2D eigenvalue weighted by molar-refractivity contribution is 5.94. The molecule has 1 aromatic carbocycles. The molecular weight excluding hydrogens is 446 g/mol. The fraction of sp³-hybridized carbons (Fsp3) is 0.500. The molecule has 1 rings (SSSR count). The first-order valence-electron chi connectivity index (χ1n) is 10.8. The van der Waals surface area contributed by atoms with Gasteiger partial charge in [-0.15, -0.1) is 0 Å². The number of phenolic OH excluding ortho intramolecular Hbond substituents is 1. The number of aliphatic carboxylic acids is 1. The van der Waals surface area contributed by atoms with E-state index < -0.39 is 53.8 Å². The second-order valence-electron chi connectivity index (χ2n) is 8.34. The van der Waals surface area contributed by atoms with Crippen molar-refractivity contribution in [2.45, 2.75) is 64.2 Å². The number of primary amides is 1. The molecule has 12 nitrogen and oxygen atoms in total. The van der Waals surface area contributed by atoms with Gasteiger partial charge in [-0.1, -0.05) is 26.0 Å². The zero-order valence-corrected chi connectivity index (χ0v) is 19.4. The Kier molecular flexibility index (Phi) is 11.0. The van der Waals surface area contributed by atoms with Crippen LogP contribution in [0.4, 0.5) is 0 Å². The first kappa shape index (κ1) is 28.4. The molecule has 188 valence electrons. The Morgan fingerprint density at radius 1 is 0.882 bits per heavy atom. The number of nitrogens with one attached hydrogen (secondary N) is 3. The summed E-state index contributed by atoms with van der Waals surface area (Å²) in [7, 11) is 0. The summed E-state index contributed by atoms with van der Waals surface area (Å²) >= 11 is 0. The lowest BCUT2D eigenvalue weighted by Gasteiger charge is -2.24. The molecular formula is C22H33N5O7. The number of phenols is 1. The Bertz CT molecular complexity index is 888. The standard InChI is InChI=1S/C22H33N5O7/c1-11(2)18(24)21(32)27-16(10-13-4-6-14(28)7-5-13)20(31)25-12(3)19(30)26-15(22(33)34)8-9-17(23)29/h4-7,11-12,15-16,18,28H,8-10,24H2,1-3H3,(H2,23,29)(H,25,31)(H,26,30)(H,27,32)(H,33,34). The van der Waals surface area contributed by atoms with Crippen molar-refractivity contribution in [3.05, 3.63) is 29.8 Å². The average Bonchev–Trinajstić information content (AvgIpc) is 2.76. The minimum absolute atomic E-state index is 0.0326. The third kappa shape index (κ3) is 9.45. The molecule has 4 unspecified atom stereocenters. The first-order chi connectivity index (χ1) is 15.8. The molecule has 0 fully saturated rings. The zero-order chi connectivity index (χ0) is 26.0. The summed E-state index contributed by atoms with van der Waals surface area (Å²) in [6.07, 6.45) is -0.397. The van der Waals surface area contributed by atoms with Crippen LogP contribution < -0.4 is 27.4 Å². The van der Waals surface area contributed by atoms with E-state index in [1.165, 1.54) is 19.1 Å². The predicted octanol–water partition coefficient (Wildman–Crippen LogP) is -1.26. The van der Waals surface area contributed by atoms with Crippen molar-refractivity contribution < 1.29 is 34.2 Å². The van der Waals surface area contributed by atoms with Gasteiger partial charge >= 0.3 is 5.97 Å². The van der Waals surface area contributed by atoms with E-state index in [0.717, 1.165) is 0 Å². The highest BCUT2D eigenvalue weighted by Crippen LogP contribution is 2.12. The minimum Gasteiger partial charge on any atom is -0.508 e. The average molecular weight is 480 g/mol. The molecule has 0 radical (unpaired) electrons. The number of carbonyl (C=O) groups is 5. The number of hydrogen-bond donors (Lipinski definition) is 7. The van der Waals surface area contributed by atoms with Crippen LogP contribution in [-0.2, 0) is 30.4 Å². The lowest BCUT2D eigenvalue weighted by molar-refractivity contribution is -0.142. The monoisotopic (exact) mass is 479 g/mol. The summed E-state index contributed by atoms with van der Waals surface area (Å²) in [6.45, 7) is 4.85. The Morgan fingerprint density at radius 3 is 1.94 bits per heavy atom. The van der Waals surface area contributed by atoms with Crippen LogP contribution in [0, 0.1) is 5.92 Å². The van der Waals surface area contributed by atoms with E-state index in [0.29, 0.717) is 5.56 Å². The Hall–Kier alpha value is -3.67. The van der Waals surface area contributed by atoms with Crippen LogP contribution in [0.25, 0.3) is 0 Å². The van der Waals surface area contributed by atoms with Crippen LogP contribution in [0.15, 0.2) is 24.3 Å². The summed E-state index contributed by atoms with van der Waals surface area (Å²) in [5.41, 5.74) is 11.5. The second-order valence-corrected chi connectivity index (χ2v) is 8.34. The summed E-state index contributed by atoms with van der Waals surface area (Å²) < 4.78 is 0. The predicted molar refractivity (Wildman–Crippen MR) is 122 cm³/mol. The van der Waals surface area contributed by atoms with Crippen molar-refractivity contribution in [1.29, 1.82) is 0 Å². The minimum atomic E-state index is -1.36. The highest BCUT2D eigenvalue weighted by Gasteiger charge is 2.29. The van der Waals surface area contributed by atoms with E-state index in [2.05, 4.69) is 16.0 Å². The molecule has 0 bridgehead atoms. The second kappa shape index (κ2) is 13.1. The van der Waals surface area contributed by atoms with Crippen molar-refractivity contribution >= 4 is 29.6 Å². The van der Waals surface area contributed by atoms with Gasteiger partial charge in [0, 0.05) is 12.8 Å². The van der Waals surface area contributed by atoms with Gasteiger partial charge in [-0.25, -0.2) is 4.79 Å².